The van der Waals surface area contributed by atoms with Gasteiger partial charge in [-0.3, -0.25) is 4.90 Å². The van der Waals surface area contributed by atoms with E-state index in [1.807, 2.05) is 0 Å². The predicted octanol–water partition coefficient (Wildman–Crippen LogP) is 2.08. The number of rotatable bonds is 3. The van der Waals surface area contributed by atoms with Gasteiger partial charge in [0.05, 0.1) is 6.04 Å². The van der Waals surface area contributed by atoms with Crippen LogP contribution in [-0.4, -0.2) is 41.2 Å². The summed E-state index contributed by atoms with van der Waals surface area (Å²) >= 11 is 0. The molecule has 0 radical (unpaired) electrons. The van der Waals surface area contributed by atoms with Crippen LogP contribution in [0.25, 0.3) is 0 Å². The molecule has 2 unspecified atom stereocenters. The first-order valence-corrected chi connectivity index (χ1v) is 7.66. The molecule has 1 aromatic heterocycles. The van der Waals surface area contributed by atoms with E-state index in [0.29, 0.717) is 12.0 Å². The molecule has 2 saturated heterocycles. The first-order valence-electron chi connectivity index (χ1n) is 7.66. The molecule has 2 aliphatic rings. The van der Waals surface area contributed by atoms with Gasteiger partial charge in [-0.25, -0.2) is 0 Å². The summed E-state index contributed by atoms with van der Waals surface area (Å²) in [6.45, 7) is 6.53. The van der Waals surface area contributed by atoms with E-state index in [-0.39, 0.29) is 0 Å². The minimum absolute atomic E-state index is 0.344. The molecule has 2 aliphatic heterocycles. The zero-order valence-corrected chi connectivity index (χ0v) is 11.8. The van der Waals surface area contributed by atoms with Crippen molar-refractivity contribution in [2.24, 2.45) is 0 Å². The molecule has 0 bridgehead atoms. The Kier molecular flexibility index (Phi) is 4.13. The van der Waals surface area contributed by atoms with Gasteiger partial charge < -0.3 is 9.84 Å². The number of nitrogens with one attached hydrogen (secondary N) is 1. The van der Waals surface area contributed by atoms with Crippen molar-refractivity contribution in [1.82, 2.24) is 20.4 Å². The van der Waals surface area contributed by atoms with Crippen LogP contribution >= 0.6 is 0 Å². The highest BCUT2D eigenvalue weighted by molar-refractivity contribution is 5.01. The topological polar surface area (TPSA) is 54.2 Å². The van der Waals surface area contributed by atoms with Crippen LogP contribution in [0.2, 0.25) is 0 Å². The van der Waals surface area contributed by atoms with Crippen LogP contribution in [0.5, 0.6) is 0 Å². The third kappa shape index (κ3) is 2.82. The van der Waals surface area contributed by atoms with E-state index in [1.54, 1.807) is 0 Å². The van der Waals surface area contributed by atoms with E-state index in [1.165, 1.54) is 25.7 Å². The summed E-state index contributed by atoms with van der Waals surface area (Å²) in [5.41, 5.74) is 0. The van der Waals surface area contributed by atoms with Crippen LogP contribution in [0.3, 0.4) is 0 Å². The van der Waals surface area contributed by atoms with Gasteiger partial charge in [0.2, 0.25) is 5.89 Å². The van der Waals surface area contributed by atoms with Gasteiger partial charge in [-0.15, -0.1) is 0 Å². The number of hydrogen-bond acceptors (Lipinski definition) is 5. The van der Waals surface area contributed by atoms with Gasteiger partial charge in [-0.05, 0) is 45.3 Å². The summed E-state index contributed by atoms with van der Waals surface area (Å²) in [7, 11) is 0. The smallest absolute Gasteiger partial charge is 0.244 e. The Morgan fingerprint density at radius 1 is 1.32 bits per heavy atom. The van der Waals surface area contributed by atoms with Crippen LogP contribution in [0, 0.1) is 0 Å². The van der Waals surface area contributed by atoms with Crippen molar-refractivity contribution in [3.63, 3.8) is 0 Å². The molecular formula is C14H24N4O. The van der Waals surface area contributed by atoms with Crippen LogP contribution in [0.15, 0.2) is 4.52 Å². The summed E-state index contributed by atoms with van der Waals surface area (Å²) in [6, 6.07) is 0.344. The summed E-state index contributed by atoms with van der Waals surface area (Å²) in [6.07, 6.45) is 6.09. The van der Waals surface area contributed by atoms with E-state index in [9.17, 15) is 0 Å². The molecule has 1 aromatic rings. The van der Waals surface area contributed by atoms with E-state index in [0.717, 1.165) is 44.3 Å². The number of aromatic nitrogens is 2. The molecule has 5 heteroatoms. The number of nitrogens with zero attached hydrogens (tertiary/aromatic N) is 3. The van der Waals surface area contributed by atoms with Crippen molar-refractivity contribution in [2.75, 3.05) is 26.2 Å². The maximum atomic E-state index is 5.56. The van der Waals surface area contributed by atoms with Crippen molar-refractivity contribution in [3.8, 4) is 0 Å². The van der Waals surface area contributed by atoms with E-state index < -0.39 is 0 Å². The van der Waals surface area contributed by atoms with Crippen molar-refractivity contribution in [3.05, 3.63) is 11.7 Å². The summed E-state index contributed by atoms with van der Waals surface area (Å²) in [5.74, 6) is 2.18. The molecule has 2 fully saturated rings. The monoisotopic (exact) mass is 264 g/mol. The highest BCUT2D eigenvalue weighted by atomic mass is 16.5. The summed E-state index contributed by atoms with van der Waals surface area (Å²) in [4.78, 5) is 7.15. The van der Waals surface area contributed by atoms with Gasteiger partial charge in [0.25, 0.3) is 0 Å². The Balaban J connectivity index is 1.72. The fourth-order valence-electron chi connectivity index (χ4n) is 3.27. The lowest BCUT2D eigenvalue weighted by Crippen LogP contribution is -2.33. The Morgan fingerprint density at radius 3 is 3.05 bits per heavy atom. The minimum atomic E-state index is 0.344. The molecule has 0 amide bonds. The molecule has 106 valence electrons. The van der Waals surface area contributed by atoms with Gasteiger partial charge in [0.1, 0.15) is 0 Å². The van der Waals surface area contributed by atoms with Crippen molar-refractivity contribution >= 4 is 0 Å². The summed E-state index contributed by atoms with van der Waals surface area (Å²) in [5, 5.41) is 7.64. The van der Waals surface area contributed by atoms with Crippen LogP contribution in [-0.2, 0) is 0 Å². The number of hydrogen-bond donors (Lipinski definition) is 1. The lowest BCUT2D eigenvalue weighted by Gasteiger charge is -2.32. The van der Waals surface area contributed by atoms with Gasteiger partial charge in [-0.1, -0.05) is 18.5 Å². The van der Waals surface area contributed by atoms with Gasteiger partial charge >= 0.3 is 0 Å². The normalized spacial score (nSPS) is 29.5. The Bertz CT molecular complexity index is 400. The number of piperidine rings is 2. The quantitative estimate of drug-likeness (QED) is 0.906. The lowest BCUT2D eigenvalue weighted by atomic mass is 9.99. The molecule has 0 saturated carbocycles. The second-order valence-electron chi connectivity index (χ2n) is 5.67. The highest BCUT2D eigenvalue weighted by Gasteiger charge is 2.29. The Labute approximate surface area is 114 Å². The molecule has 0 spiro atoms. The Morgan fingerprint density at radius 2 is 2.26 bits per heavy atom. The van der Waals surface area contributed by atoms with Crippen molar-refractivity contribution < 1.29 is 4.52 Å². The van der Waals surface area contributed by atoms with Gasteiger partial charge in [0, 0.05) is 12.5 Å². The SMILES string of the molecule is CCN1CCCCC1c1nc(C2CCCNC2)no1. The molecule has 19 heavy (non-hydrogen) atoms. The van der Waals surface area contributed by atoms with E-state index in [2.05, 4.69) is 22.3 Å². The van der Waals surface area contributed by atoms with Crippen LogP contribution in [0.1, 0.15) is 62.7 Å². The van der Waals surface area contributed by atoms with E-state index >= 15 is 0 Å². The first-order chi connectivity index (χ1) is 9.38. The largest absolute Gasteiger partial charge is 0.338 e. The third-order valence-electron chi connectivity index (χ3n) is 4.42. The van der Waals surface area contributed by atoms with Crippen molar-refractivity contribution in [1.29, 1.82) is 0 Å². The fourth-order valence-corrected chi connectivity index (χ4v) is 3.27. The minimum Gasteiger partial charge on any atom is -0.338 e. The van der Waals surface area contributed by atoms with Crippen LogP contribution < -0.4 is 5.32 Å². The third-order valence-corrected chi connectivity index (χ3v) is 4.42. The molecule has 3 heterocycles. The second kappa shape index (κ2) is 6.01. The molecule has 1 N–H and O–H groups in total. The fraction of sp³-hybridized carbons (Fsp3) is 0.857. The first kappa shape index (κ1) is 13.1. The van der Waals surface area contributed by atoms with Gasteiger partial charge in [0.15, 0.2) is 5.82 Å². The van der Waals surface area contributed by atoms with Gasteiger partial charge in [-0.2, -0.15) is 4.98 Å². The molecule has 5 nitrogen and oxygen atoms in total. The molecule has 2 atom stereocenters. The predicted molar refractivity (Wildman–Crippen MR) is 73.0 cm³/mol. The molecule has 0 aliphatic carbocycles. The van der Waals surface area contributed by atoms with Crippen molar-refractivity contribution in [2.45, 2.75) is 51.0 Å². The number of likely N-dealkylation sites (tertiary alicyclic amines) is 1. The standard InChI is InChI=1S/C14H24N4O/c1-2-18-9-4-3-7-12(18)14-16-13(17-19-14)11-6-5-8-15-10-11/h11-12,15H,2-10H2,1H3. The average molecular weight is 264 g/mol. The zero-order chi connectivity index (χ0) is 13.1. The van der Waals surface area contributed by atoms with E-state index in [4.69, 9.17) is 9.51 Å². The highest BCUT2D eigenvalue weighted by Crippen LogP contribution is 2.30. The maximum Gasteiger partial charge on any atom is 0.244 e. The zero-order valence-electron chi connectivity index (χ0n) is 11.8. The average Bonchev–Trinajstić information content (AvgIpc) is 2.98. The summed E-state index contributed by atoms with van der Waals surface area (Å²) < 4.78 is 5.56. The molecule has 0 aromatic carbocycles. The maximum absolute atomic E-state index is 5.56. The molecule has 3 rings (SSSR count). The lowest BCUT2D eigenvalue weighted by molar-refractivity contribution is 0.125. The second-order valence-corrected chi connectivity index (χ2v) is 5.67. The Hall–Kier alpha value is -0.940. The van der Waals surface area contributed by atoms with Crippen LogP contribution in [0.4, 0.5) is 0 Å². The molecular weight excluding hydrogens is 240 g/mol.